The second-order valence-electron chi connectivity index (χ2n) is 6.82. The lowest BCUT2D eigenvalue weighted by Crippen LogP contribution is -2.45. The van der Waals surface area contributed by atoms with E-state index in [1.807, 2.05) is 6.07 Å². The maximum absolute atomic E-state index is 13.0. The van der Waals surface area contributed by atoms with Crippen molar-refractivity contribution in [2.45, 2.75) is 56.9 Å². The van der Waals surface area contributed by atoms with Gasteiger partial charge in [0.25, 0.3) is 0 Å². The first-order chi connectivity index (χ1) is 10.8. The molecule has 3 heteroatoms. The number of amides is 1. The van der Waals surface area contributed by atoms with Crippen LogP contribution in [-0.2, 0) is 4.79 Å². The first-order valence-corrected chi connectivity index (χ1v) is 8.90. The van der Waals surface area contributed by atoms with Crippen LogP contribution in [0.1, 0.15) is 56.4 Å². The fourth-order valence-electron chi connectivity index (χ4n) is 4.02. The molecule has 1 saturated carbocycles. The van der Waals surface area contributed by atoms with E-state index in [-0.39, 0.29) is 11.8 Å². The summed E-state index contributed by atoms with van der Waals surface area (Å²) in [5.74, 6) is 0.805. The van der Waals surface area contributed by atoms with Crippen molar-refractivity contribution in [1.82, 2.24) is 10.6 Å². The Hall–Kier alpha value is -1.35. The lowest BCUT2D eigenvalue weighted by Gasteiger charge is -2.32. The number of hydrogen-bond acceptors (Lipinski definition) is 2. The summed E-state index contributed by atoms with van der Waals surface area (Å²) in [6.45, 7) is 2.04. The standard InChI is InChI=1S/C19H28N2O/c22-19(21-17-11-13-20-14-12-17)18(15-7-3-1-4-8-15)16-9-5-2-6-10-16/h1,3-4,7-8,16-18,20H,2,5-6,9-14H2,(H,21,22). The summed E-state index contributed by atoms with van der Waals surface area (Å²) in [5.41, 5.74) is 1.20. The van der Waals surface area contributed by atoms with Crippen LogP contribution >= 0.6 is 0 Å². The fourth-order valence-corrected chi connectivity index (χ4v) is 4.02. The average Bonchev–Trinajstić information content (AvgIpc) is 2.58. The van der Waals surface area contributed by atoms with Gasteiger partial charge in [0, 0.05) is 6.04 Å². The Morgan fingerprint density at radius 2 is 1.68 bits per heavy atom. The molecule has 1 unspecified atom stereocenters. The van der Waals surface area contributed by atoms with Crippen molar-refractivity contribution >= 4 is 5.91 Å². The lowest BCUT2D eigenvalue weighted by molar-refractivity contribution is -0.125. The van der Waals surface area contributed by atoms with Crippen LogP contribution in [0.3, 0.4) is 0 Å². The molecule has 0 radical (unpaired) electrons. The molecule has 1 saturated heterocycles. The second kappa shape index (κ2) is 7.77. The van der Waals surface area contributed by atoms with Gasteiger partial charge in [0.15, 0.2) is 0 Å². The van der Waals surface area contributed by atoms with Crippen LogP contribution in [0.4, 0.5) is 0 Å². The number of carbonyl (C=O) groups is 1. The van der Waals surface area contributed by atoms with Crippen LogP contribution in [0.2, 0.25) is 0 Å². The number of rotatable bonds is 4. The number of benzene rings is 1. The number of carbonyl (C=O) groups excluding carboxylic acids is 1. The van der Waals surface area contributed by atoms with E-state index in [1.54, 1.807) is 0 Å². The molecule has 1 amide bonds. The van der Waals surface area contributed by atoms with E-state index in [4.69, 9.17) is 0 Å². The largest absolute Gasteiger partial charge is 0.353 e. The SMILES string of the molecule is O=C(NC1CCNCC1)C(c1ccccc1)C1CCCCC1. The van der Waals surface area contributed by atoms with Crippen molar-refractivity contribution in [2.24, 2.45) is 5.92 Å². The maximum Gasteiger partial charge on any atom is 0.228 e. The Morgan fingerprint density at radius 3 is 2.36 bits per heavy atom. The summed E-state index contributed by atoms with van der Waals surface area (Å²) in [5, 5.41) is 6.70. The Bertz CT molecular complexity index is 462. The monoisotopic (exact) mass is 300 g/mol. The molecule has 0 bridgehead atoms. The topological polar surface area (TPSA) is 41.1 Å². The number of piperidine rings is 1. The summed E-state index contributed by atoms with van der Waals surface area (Å²) in [6.07, 6.45) is 8.37. The van der Waals surface area contributed by atoms with Crippen molar-refractivity contribution in [3.8, 4) is 0 Å². The van der Waals surface area contributed by atoms with Crippen LogP contribution in [-0.4, -0.2) is 25.0 Å². The third-order valence-corrected chi connectivity index (χ3v) is 5.25. The minimum absolute atomic E-state index is 0.0383. The Morgan fingerprint density at radius 1 is 1.00 bits per heavy atom. The van der Waals surface area contributed by atoms with Gasteiger partial charge in [-0.2, -0.15) is 0 Å². The van der Waals surface area contributed by atoms with E-state index in [9.17, 15) is 4.79 Å². The van der Waals surface area contributed by atoms with Crippen LogP contribution in [0.15, 0.2) is 30.3 Å². The molecule has 120 valence electrons. The summed E-state index contributed by atoms with van der Waals surface area (Å²) in [7, 11) is 0. The van der Waals surface area contributed by atoms with E-state index in [0.29, 0.717) is 12.0 Å². The van der Waals surface area contributed by atoms with E-state index in [1.165, 1.54) is 37.7 Å². The fraction of sp³-hybridized carbons (Fsp3) is 0.632. The molecule has 2 aliphatic rings. The van der Waals surface area contributed by atoms with Gasteiger partial charge in [0.05, 0.1) is 5.92 Å². The van der Waals surface area contributed by atoms with Crippen LogP contribution in [0.5, 0.6) is 0 Å². The van der Waals surface area contributed by atoms with Gasteiger partial charge in [-0.3, -0.25) is 4.79 Å². The third kappa shape index (κ3) is 3.89. The lowest BCUT2D eigenvalue weighted by atomic mass is 9.76. The van der Waals surface area contributed by atoms with Crippen LogP contribution in [0.25, 0.3) is 0 Å². The van der Waals surface area contributed by atoms with Gasteiger partial charge in [-0.1, -0.05) is 49.6 Å². The Kier molecular flexibility index (Phi) is 5.49. The molecule has 2 N–H and O–H groups in total. The van der Waals surface area contributed by atoms with Crippen LogP contribution in [0, 0.1) is 5.92 Å². The Balaban J connectivity index is 1.73. The van der Waals surface area contributed by atoms with E-state index < -0.39 is 0 Å². The molecule has 0 aromatic heterocycles. The third-order valence-electron chi connectivity index (χ3n) is 5.25. The molecular weight excluding hydrogens is 272 g/mol. The zero-order chi connectivity index (χ0) is 15.2. The van der Waals surface area contributed by atoms with Gasteiger partial charge in [0.1, 0.15) is 0 Å². The minimum atomic E-state index is 0.0383. The summed E-state index contributed by atoms with van der Waals surface area (Å²) >= 11 is 0. The minimum Gasteiger partial charge on any atom is -0.353 e. The summed E-state index contributed by atoms with van der Waals surface area (Å²) < 4.78 is 0. The maximum atomic E-state index is 13.0. The highest BCUT2D eigenvalue weighted by atomic mass is 16.2. The predicted molar refractivity (Wildman–Crippen MR) is 89.8 cm³/mol. The molecule has 3 rings (SSSR count). The van der Waals surface area contributed by atoms with Gasteiger partial charge < -0.3 is 10.6 Å². The van der Waals surface area contributed by atoms with Crippen molar-refractivity contribution in [1.29, 1.82) is 0 Å². The van der Waals surface area contributed by atoms with Gasteiger partial charge in [-0.25, -0.2) is 0 Å². The molecule has 1 atom stereocenters. The molecular formula is C19H28N2O. The highest BCUT2D eigenvalue weighted by molar-refractivity contribution is 5.84. The van der Waals surface area contributed by atoms with Gasteiger partial charge in [0.2, 0.25) is 5.91 Å². The van der Waals surface area contributed by atoms with E-state index >= 15 is 0 Å². The van der Waals surface area contributed by atoms with Crippen molar-refractivity contribution in [3.05, 3.63) is 35.9 Å². The zero-order valence-electron chi connectivity index (χ0n) is 13.4. The zero-order valence-corrected chi connectivity index (χ0v) is 13.4. The van der Waals surface area contributed by atoms with Crippen molar-refractivity contribution in [2.75, 3.05) is 13.1 Å². The second-order valence-corrected chi connectivity index (χ2v) is 6.82. The molecule has 0 spiro atoms. The predicted octanol–water partition coefficient (Wildman–Crippen LogP) is 3.22. The summed E-state index contributed by atoms with van der Waals surface area (Å²) in [4.78, 5) is 13.0. The molecule has 22 heavy (non-hydrogen) atoms. The molecule has 1 aromatic carbocycles. The molecule has 1 aliphatic heterocycles. The number of hydrogen-bond donors (Lipinski definition) is 2. The van der Waals surface area contributed by atoms with E-state index in [0.717, 1.165) is 25.9 Å². The highest BCUT2D eigenvalue weighted by Gasteiger charge is 2.32. The molecule has 2 fully saturated rings. The smallest absolute Gasteiger partial charge is 0.228 e. The van der Waals surface area contributed by atoms with Gasteiger partial charge in [-0.15, -0.1) is 0 Å². The first kappa shape index (κ1) is 15.5. The molecule has 1 aliphatic carbocycles. The van der Waals surface area contributed by atoms with Crippen molar-refractivity contribution < 1.29 is 4.79 Å². The Labute approximate surface area is 133 Å². The molecule has 3 nitrogen and oxygen atoms in total. The molecule has 1 aromatic rings. The van der Waals surface area contributed by atoms with E-state index in [2.05, 4.69) is 34.9 Å². The number of nitrogens with one attached hydrogen (secondary N) is 2. The van der Waals surface area contributed by atoms with Crippen molar-refractivity contribution in [3.63, 3.8) is 0 Å². The highest BCUT2D eigenvalue weighted by Crippen LogP contribution is 2.36. The first-order valence-electron chi connectivity index (χ1n) is 8.90. The molecule has 1 heterocycles. The quantitative estimate of drug-likeness (QED) is 0.896. The summed E-state index contributed by atoms with van der Waals surface area (Å²) in [6, 6.07) is 10.8. The normalized spacial score (nSPS) is 22.2. The van der Waals surface area contributed by atoms with Gasteiger partial charge >= 0.3 is 0 Å². The average molecular weight is 300 g/mol. The van der Waals surface area contributed by atoms with Crippen LogP contribution < -0.4 is 10.6 Å². The van der Waals surface area contributed by atoms with Gasteiger partial charge in [-0.05, 0) is 50.3 Å².